The van der Waals surface area contributed by atoms with Gasteiger partial charge in [0.05, 0.1) is 11.8 Å². The first-order chi connectivity index (χ1) is 9.47. The summed E-state index contributed by atoms with van der Waals surface area (Å²) in [5.74, 6) is 0.325. The fourth-order valence-electron chi connectivity index (χ4n) is 1.95. The van der Waals surface area contributed by atoms with Crippen LogP contribution >= 0.6 is 0 Å². The van der Waals surface area contributed by atoms with Gasteiger partial charge in [-0.25, -0.2) is 0 Å². The molecule has 2 amide bonds. The van der Waals surface area contributed by atoms with E-state index in [0.29, 0.717) is 24.5 Å². The molecule has 0 aliphatic heterocycles. The van der Waals surface area contributed by atoms with Crippen molar-refractivity contribution in [2.45, 2.75) is 13.3 Å². The summed E-state index contributed by atoms with van der Waals surface area (Å²) >= 11 is 0. The number of hydrogen-bond acceptors (Lipinski definition) is 5. The Balaban J connectivity index is 1.73. The summed E-state index contributed by atoms with van der Waals surface area (Å²) in [4.78, 5) is 25.7. The number of aryl methyl sites for hydroxylation is 1. The molecule has 1 fully saturated rings. The maximum atomic E-state index is 11.9. The van der Waals surface area contributed by atoms with Crippen molar-refractivity contribution in [1.29, 1.82) is 0 Å². The number of nitrogens with one attached hydrogen (secondary N) is 2. The zero-order chi connectivity index (χ0) is 14.7. The fourth-order valence-corrected chi connectivity index (χ4v) is 1.95. The normalized spacial score (nSPS) is 20.8. The monoisotopic (exact) mass is 280 g/mol. The zero-order valence-corrected chi connectivity index (χ0v) is 12.0. The number of rotatable bonds is 6. The summed E-state index contributed by atoms with van der Waals surface area (Å²) in [5.41, 5.74) is 0. The number of nitrogens with zero attached hydrogens (tertiary/aromatic N) is 2. The van der Waals surface area contributed by atoms with Crippen molar-refractivity contribution in [2.24, 2.45) is 11.8 Å². The van der Waals surface area contributed by atoms with Crippen molar-refractivity contribution < 1.29 is 14.1 Å². The van der Waals surface area contributed by atoms with Crippen LogP contribution in [0.15, 0.2) is 10.6 Å². The van der Waals surface area contributed by atoms with Crippen molar-refractivity contribution >= 4 is 17.6 Å². The molecule has 2 unspecified atom stereocenters. The van der Waals surface area contributed by atoms with Gasteiger partial charge in [0.15, 0.2) is 5.82 Å². The third kappa shape index (κ3) is 3.80. The SMILES string of the molecule is Cc1cc(NC(=O)C2CC2C(=O)NCCN(C)C)no1. The van der Waals surface area contributed by atoms with Crippen LogP contribution in [0.5, 0.6) is 0 Å². The Morgan fingerprint density at radius 1 is 1.40 bits per heavy atom. The average molecular weight is 280 g/mol. The summed E-state index contributed by atoms with van der Waals surface area (Å²) in [6.07, 6.45) is 0.594. The number of carbonyl (C=O) groups is 2. The van der Waals surface area contributed by atoms with Crippen LogP contribution in [-0.4, -0.2) is 49.1 Å². The summed E-state index contributed by atoms with van der Waals surface area (Å²) in [5, 5.41) is 9.18. The lowest BCUT2D eigenvalue weighted by Gasteiger charge is -2.10. The first kappa shape index (κ1) is 14.5. The third-order valence-electron chi connectivity index (χ3n) is 3.20. The van der Waals surface area contributed by atoms with Crippen LogP contribution in [0.3, 0.4) is 0 Å². The minimum Gasteiger partial charge on any atom is -0.360 e. The zero-order valence-electron chi connectivity index (χ0n) is 12.0. The lowest BCUT2D eigenvalue weighted by Crippen LogP contribution is -2.33. The van der Waals surface area contributed by atoms with Gasteiger partial charge in [0.2, 0.25) is 11.8 Å². The van der Waals surface area contributed by atoms with E-state index in [4.69, 9.17) is 4.52 Å². The predicted octanol–water partition coefficient (Wildman–Crippen LogP) is 0.235. The van der Waals surface area contributed by atoms with E-state index in [1.54, 1.807) is 13.0 Å². The Hall–Kier alpha value is -1.89. The first-order valence-electron chi connectivity index (χ1n) is 6.64. The minimum absolute atomic E-state index is 0.0525. The van der Waals surface area contributed by atoms with Crippen molar-refractivity contribution in [3.63, 3.8) is 0 Å². The highest BCUT2D eigenvalue weighted by Crippen LogP contribution is 2.39. The molecule has 1 saturated carbocycles. The number of amides is 2. The number of likely N-dealkylation sites (N-methyl/N-ethyl adjacent to an activating group) is 1. The van der Waals surface area contributed by atoms with Gasteiger partial charge in [0, 0.05) is 19.2 Å². The van der Waals surface area contributed by atoms with E-state index in [1.165, 1.54) is 0 Å². The van der Waals surface area contributed by atoms with Gasteiger partial charge in [-0.05, 0) is 27.4 Å². The van der Waals surface area contributed by atoms with Crippen LogP contribution in [0.25, 0.3) is 0 Å². The average Bonchev–Trinajstić information content (AvgIpc) is 3.07. The summed E-state index contributed by atoms with van der Waals surface area (Å²) in [7, 11) is 3.89. The van der Waals surface area contributed by atoms with Crippen LogP contribution in [0.2, 0.25) is 0 Å². The highest BCUT2D eigenvalue weighted by Gasteiger charge is 2.48. The molecule has 20 heavy (non-hydrogen) atoms. The van der Waals surface area contributed by atoms with Crippen LogP contribution in [0.4, 0.5) is 5.82 Å². The second-order valence-corrected chi connectivity index (χ2v) is 5.36. The molecular weight excluding hydrogens is 260 g/mol. The second-order valence-electron chi connectivity index (χ2n) is 5.36. The largest absolute Gasteiger partial charge is 0.360 e. The summed E-state index contributed by atoms with van der Waals surface area (Å²) in [6, 6.07) is 1.65. The number of carbonyl (C=O) groups excluding carboxylic acids is 2. The van der Waals surface area contributed by atoms with Gasteiger partial charge in [-0.3, -0.25) is 9.59 Å². The molecule has 0 bridgehead atoms. The topological polar surface area (TPSA) is 87.5 Å². The quantitative estimate of drug-likeness (QED) is 0.779. The van der Waals surface area contributed by atoms with E-state index in [2.05, 4.69) is 15.8 Å². The van der Waals surface area contributed by atoms with Crippen molar-refractivity contribution in [2.75, 3.05) is 32.5 Å². The molecule has 2 N–H and O–H groups in total. The Kier molecular flexibility index (Phi) is 4.39. The Morgan fingerprint density at radius 3 is 2.70 bits per heavy atom. The molecule has 2 rings (SSSR count). The molecule has 0 aromatic carbocycles. The Labute approximate surface area is 117 Å². The van der Waals surface area contributed by atoms with E-state index in [1.807, 2.05) is 19.0 Å². The maximum Gasteiger partial charge on any atom is 0.229 e. The lowest BCUT2D eigenvalue weighted by atomic mass is 10.3. The molecule has 1 aromatic heterocycles. The molecule has 1 heterocycles. The Bertz CT molecular complexity index is 498. The number of anilines is 1. The fraction of sp³-hybridized carbons (Fsp3) is 0.615. The molecular formula is C13H20N4O3. The van der Waals surface area contributed by atoms with Crippen molar-refractivity contribution in [1.82, 2.24) is 15.4 Å². The van der Waals surface area contributed by atoms with Crippen molar-refractivity contribution in [3.8, 4) is 0 Å². The van der Waals surface area contributed by atoms with E-state index in [0.717, 1.165) is 6.54 Å². The molecule has 0 spiro atoms. The smallest absolute Gasteiger partial charge is 0.229 e. The van der Waals surface area contributed by atoms with Crippen LogP contribution < -0.4 is 10.6 Å². The Morgan fingerprint density at radius 2 is 2.10 bits per heavy atom. The highest BCUT2D eigenvalue weighted by molar-refractivity contribution is 5.99. The summed E-state index contributed by atoms with van der Waals surface area (Å²) in [6.45, 7) is 3.13. The van der Waals surface area contributed by atoms with Gasteiger partial charge in [-0.15, -0.1) is 0 Å². The standard InChI is InChI=1S/C13H20N4O3/c1-8-6-11(16-20-8)15-13(19)10-7-9(10)12(18)14-4-5-17(2)3/h6,9-10H,4-5,7H2,1-3H3,(H,14,18)(H,15,16,19). The van der Waals surface area contributed by atoms with E-state index >= 15 is 0 Å². The molecule has 0 radical (unpaired) electrons. The van der Waals surface area contributed by atoms with Gasteiger partial charge in [-0.1, -0.05) is 5.16 Å². The molecule has 7 heteroatoms. The van der Waals surface area contributed by atoms with E-state index in [9.17, 15) is 9.59 Å². The van der Waals surface area contributed by atoms with E-state index < -0.39 is 0 Å². The predicted molar refractivity (Wildman–Crippen MR) is 73.0 cm³/mol. The number of hydrogen-bond donors (Lipinski definition) is 2. The molecule has 1 aliphatic carbocycles. The molecule has 2 atom stereocenters. The van der Waals surface area contributed by atoms with Gasteiger partial charge < -0.3 is 20.1 Å². The highest BCUT2D eigenvalue weighted by atomic mass is 16.5. The van der Waals surface area contributed by atoms with Gasteiger partial charge >= 0.3 is 0 Å². The van der Waals surface area contributed by atoms with Crippen LogP contribution in [-0.2, 0) is 9.59 Å². The summed E-state index contributed by atoms with van der Waals surface area (Å²) < 4.78 is 4.87. The lowest BCUT2D eigenvalue weighted by molar-refractivity contribution is -0.125. The molecule has 0 saturated heterocycles. The van der Waals surface area contributed by atoms with Gasteiger partial charge in [0.1, 0.15) is 5.76 Å². The first-order valence-corrected chi connectivity index (χ1v) is 6.64. The maximum absolute atomic E-state index is 11.9. The second kappa shape index (κ2) is 6.04. The molecule has 7 nitrogen and oxygen atoms in total. The van der Waals surface area contributed by atoms with Crippen LogP contribution in [0, 0.1) is 18.8 Å². The molecule has 1 aromatic rings. The van der Waals surface area contributed by atoms with E-state index in [-0.39, 0.29) is 23.7 Å². The number of aromatic nitrogens is 1. The van der Waals surface area contributed by atoms with Gasteiger partial charge in [0.25, 0.3) is 0 Å². The minimum atomic E-state index is -0.258. The molecule has 1 aliphatic rings. The van der Waals surface area contributed by atoms with Gasteiger partial charge in [-0.2, -0.15) is 0 Å². The van der Waals surface area contributed by atoms with Crippen LogP contribution in [0.1, 0.15) is 12.2 Å². The molecule has 110 valence electrons. The third-order valence-corrected chi connectivity index (χ3v) is 3.20. The van der Waals surface area contributed by atoms with Crippen molar-refractivity contribution in [3.05, 3.63) is 11.8 Å².